The fraction of sp³-hybridized carbons (Fsp3) is 0.250. The first-order chi connectivity index (χ1) is 17.4. The predicted octanol–water partition coefficient (Wildman–Crippen LogP) is 5.31. The van der Waals surface area contributed by atoms with E-state index in [1.54, 1.807) is 12.1 Å². The number of nitrogens with one attached hydrogen (secondary N) is 2. The summed E-state index contributed by atoms with van der Waals surface area (Å²) < 4.78 is 5.61. The van der Waals surface area contributed by atoms with E-state index in [0.717, 1.165) is 17.7 Å². The van der Waals surface area contributed by atoms with Crippen molar-refractivity contribution in [3.05, 3.63) is 95.0 Å². The third kappa shape index (κ3) is 5.69. The molecule has 0 radical (unpaired) electrons. The van der Waals surface area contributed by atoms with Crippen molar-refractivity contribution in [2.45, 2.75) is 31.7 Å². The molecule has 36 heavy (non-hydrogen) atoms. The number of carbonyl (C=O) groups is 2. The molecule has 0 spiro atoms. The summed E-state index contributed by atoms with van der Waals surface area (Å²) in [5.74, 6) is 0.134. The van der Waals surface area contributed by atoms with Gasteiger partial charge in [-0.3, -0.25) is 9.59 Å². The summed E-state index contributed by atoms with van der Waals surface area (Å²) >= 11 is 11.6. The Balaban J connectivity index is 1.58. The fourth-order valence-corrected chi connectivity index (χ4v) is 4.78. The van der Waals surface area contributed by atoms with Crippen molar-refractivity contribution in [2.24, 2.45) is 0 Å². The molecule has 1 unspecified atom stereocenters. The summed E-state index contributed by atoms with van der Waals surface area (Å²) in [5.41, 5.74) is 1.12. The lowest BCUT2D eigenvalue weighted by Gasteiger charge is -2.36. The summed E-state index contributed by atoms with van der Waals surface area (Å²) in [4.78, 5) is 28.6. The third-order valence-electron chi connectivity index (χ3n) is 6.12. The minimum absolute atomic E-state index is 0.0995. The van der Waals surface area contributed by atoms with Crippen LogP contribution < -0.4 is 15.4 Å². The second kappa shape index (κ2) is 11.5. The van der Waals surface area contributed by atoms with Crippen LogP contribution in [0.2, 0.25) is 5.02 Å². The standard InChI is InChI=1S/C28H28ClN3O3S/c1-2-18-35-24-14-12-23(13-15-24)30-25(33)19-28(21-6-4-3-5-7-21)26(34)31-27(36)32(28)17-16-20-8-10-22(29)11-9-20/h3-15H,2,16-19H2,1H3,(H,30,33)(H,31,34,36). The van der Waals surface area contributed by atoms with Gasteiger partial charge in [-0.05, 0) is 72.6 Å². The Labute approximate surface area is 221 Å². The average Bonchev–Trinajstić information content (AvgIpc) is 3.12. The molecule has 1 aliphatic heterocycles. The quantitative estimate of drug-likeness (QED) is 0.354. The van der Waals surface area contributed by atoms with E-state index in [1.807, 2.05) is 78.6 Å². The van der Waals surface area contributed by atoms with E-state index in [2.05, 4.69) is 10.6 Å². The van der Waals surface area contributed by atoms with Gasteiger partial charge in [0.05, 0.1) is 13.0 Å². The second-order valence-electron chi connectivity index (χ2n) is 8.61. The molecule has 0 saturated carbocycles. The second-order valence-corrected chi connectivity index (χ2v) is 9.43. The van der Waals surface area contributed by atoms with E-state index in [4.69, 9.17) is 28.6 Å². The Morgan fingerprint density at radius 1 is 1.06 bits per heavy atom. The molecule has 1 atom stereocenters. The summed E-state index contributed by atoms with van der Waals surface area (Å²) in [6, 6.07) is 24.1. The van der Waals surface area contributed by atoms with Gasteiger partial charge < -0.3 is 20.3 Å². The summed E-state index contributed by atoms with van der Waals surface area (Å²) in [7, 11) is 0. The third-order valence-corrected chi connectivity index (χ3v) is 6.69. The number of carbonyl (C=O) groups excluding carboxylic acids is 2. The number of ether oxygens (including phenoxy) is 1. The Kier molecular flexibility index (Phi) is 8.23. The lowest BCUT2D eigenvalue weighted by atomic mass is 9.84. The van der Waals surface area contributed by atoms with E-state index < -0.39 is 5.54 Å². The Hall–Kier alpha value is -3.42. The Morgan fingerprint density at radius 3 is 2.42 bits per heavy atom. The highest BCUT2D eigenvalue weighted by molar-refractivity contribution is 7.80. The number of nitrogens with zero attached hydrogens (tertiary/aromatic N) is 1. The van der Waals surface area contributed by atoms with Gasteiger partial charge in [0, 0.05) is 17.3 Å². The Morgan fingerprint density at radius 2 is 1.75 bits per heavy atom. The molecule has 186 valence electrons. The van der Waals surface area contributed by atoms with Gasteiger partial charge in [-0.1, -0.05) is 61.0 Å². The molecule has 2 N–H and O–H groups in total. The van der Waals surface area contributed by atoms with Crippen LogP contribution in [0.15, 0.2) is 78.9 Å². The molecule has 3 aromatic carbocycles. The molecular weight excluding hydrogens is 494 g/mol. The monoisotopic (exact) mass is 521 g/mol. The van der Waals surface area contributed by atoms with Crippen LogP contribution in [0.3, 0.4) is 0 Å². The van der Waals surface area contributed by atoms with Crippen LogP contribution in [-0.2, 0) is 21.5 Å². The normalized spacial score (nSPS) is 17.1. The molecule has 1 heterocycles. The number of rotatable bonds is 10. The number of amides is 2. The van der Waals surface area contributed by atoms with Gasteiger partial charge in [0.25, 0.3) is 5.91 Å². The Bertz CT molecular complexity index is 1220. The minimum Gasteiger partial charge on any atom is -0.494 e. The van der Waals surface area contributed by atoms with Gasteiger partial charge in [0.15, 0.2) is 10.7 Å². The van der Waals surface area contributed by atoms with E-state index in [-0.39, 0.29) is 18.2 Å². The largest absolute Gasteiger partial charge is 0.494 e. The van der Waals surface area contributed by atoms with E-state index >= 15 is 0 Å². The smallest absolute Gasteiger partial charge is 0.257 e. The highest BCUT2D eigenvalue weighted by Crippen LogP contribution is 2.37. The van der Waals surface area contributed by atoms with Crippen molar-refractivity contribution in [3.63, 3.8) is 0 Å². The molecule has 1 saturated heterocycles. The van der Waals surface area contributed by atoms with Gasteiger partial charge in [0.2, 0.25) is 5.91 Å². The van der Waals surface area contributed by atoms with Gasteiger partial charge >= 0.3 is 0 Å². The maximum atomic E-state index is 13.5. The number of hydrogen-bond acceptors (Lipinski definition) is 4. The van der Waals surface area contributed by atoms with Gasteiger partial charge in [-0.25, -0.2) is 0 Å². The molecule has 8 heteroatoms. The lowest BCUT2D eigenvalue weighted by Crippen LogP contribution is -2.50. The summed E-state index contributed by atoms with van der Waals surface area (Å²) in [6.07, 6.45) is 1.44. The number of anilines is 1. The molecule has 6 nitrogen and oxygen atoms in total. The molecular formula is C28H28ClN3O3S. The average molecular weight is 522 g/mol. The zero-order valence-corrected chi connectivity index (χ0v) is 21.6. The number of hydrogen-bond donors (Lipinski definition) is 2. The molecule has 1 fully saturated rings. The van der Waals surface area contributed by atoms with Crippen LogP contribution in [0.25, 0.3) is 0 Å². The van der Waals surface area contributed by atoms with Gasteiger partial charge in [-0.2, -0.15) is 0 Å². The maximum absolute atomic E-state index is 13.5. The van der Waals surface area contributed by atoms with E-state index in [0.29, 0.717) is 41.0 Å². The van der Waals surface area contributed by atoms with Crippen LogP contribution in [0.5, 0.6) is 5.75 Å². The topological polar surface area (TPSA) is 70.7 Å². The van der Waals surface area contributed by atoms with Crippen molar-refractivity contribution < 1.29 is 14.3 Å². The zero-order chi connectivity index (χ0) is 25.5. The molecule has 4 rings (SSSR count). The first kappa shape index (κ1) is 25.7. The van der Waals surface area contributed by atoms with Crippen LogP contribution >= 0.6 is 23.8 Å². The zero-order valence-electron chi connectivity index (χ0n) is 20.0. The van der Waals surface area contributed by atoms with Crippen LogP contribution in [0, 0.1) is 0 Å². The summed E-state index contributed by atoms with van der Waals surface area (Å²) in [5, 5.41) is 6.69. The first-order valence-electron chi connectivity index (χ1n) is 11.9. The van der Waals surface area contributed by atoms with E-state index in [9.17, 15) is 9.59 Å². The van der Waals surface area contributed by atoms with Crippen molar-refractivity contribution in [3.8, 4) is 5.75 Å². The molecule has 2 amide bonds. The van der Waals surface area contributed by atoms with E-state index in [1.165, 1.54) is 0 Å². The minimum atomic E-state index is -1.26. The SMILES string of the molecule is CCCOc1ccc(NC(=O)CC2(c3ccccc3)C(=O)NC(=S)N2CCc2ccc(Cl)cc2)cc1. The highest BCUT2D eigenvalue weighted by atomic mass is 35.5. The van der Waals surface area contributed by atoms with Gasteiger partial charge in [-0.15, -0.1) is 0 Å². The van der Waals surface area contributed by atoms with Crippen LogP contribution in [0.4, 0.5) is 5.69 Å². The highest BCUT2D eigenvalue weighted by Gasteiger charge is 2.53. The predicted molar refractivity (Wildman–Crippen MR) is 146 cm³/mol. The van der Waals surface area contributed by atoms with Crippen LogP contribution in [-0.4, -0.2) is 35.0 Å². The number of thiocarbonyl (C=S) groups is 1. The lowest BCUT2D eigenvalue weighted by molar-refractivity contribution is -0.131. The summed E-state index contributed by atoms with van der Waals surface area (Å²) in [6.45, 7) is 3.12. The number of benzene rings is 3. The van der Waals surface area contributed by atoms with Crippen molar-refractivity contribution >= 4 is 46.4 Å². The van der Waals surface area contributed by atoms with Crippen molar-refractivity contribution in [1.82, 2.24) is 10.2 Å². The van der Waals surface area contributed by atoms with Crippen LogP contribution in [0.1, 0.15) is 30.9 Å². The maximum Gasteiger partial charge on any atom is 0.257 e. The fourth-order valence-electron chi connectivity index (χ4n) is 4.32. The molecule has 1 aliphatic rings. The molecule has 3 aromatic rings. The molecule has 0 aromatic heterocycles. The number of halogens is 1. The molecule has 0 bridgehead atoms. The van der Waals surface area contributed by atoms with Crippen molar-refractivity contribution in [2.75, 3.05) is 18.5 Å². The van der Waals surface area contributed by atoms with Gasteiger partial charge in [0.1, 0.15) is 5.75 Å². The molecule has 0 aliphatic carbocycles. The first-order valence-corrected chi connectivity index (χ1v) is 12.7. The van der Waals surface area contributed by atoms with Crippen molar-refractivity contribution in [1.29, 1.82) is 0 Å².